The number of terminal acetylenes is 1. The van der Waals surface area contributed by atoms with Gasteiger partial charge >= 0.3 is 0 Å². The Hall–Kier alpha value is -3.42. The van der Waals surface area contributed by atoms with Crippen molar-refractivity contribution in [2.75, 3.05) is 0 Å². The lowest BCUT2D eigenvalue weighted by Gasteiger charge is -2.06. The SMILES string of the molecule is C#Cc1ccc(C(=O)c2sc3cc(O)ccc3c2-c2ccc(F)cc2)cc1. The van der Waals surface area contributed by atoms with Gasteiger partial charge in [0, 0.05) is 26.8 Å². The highest BCUT2D eigenvalue weighted by atomic mass is 32.1. The normalized spacial score (nSPS) is 10.7. The van der Waals surface area contributed by atoms with Crippen LogP contribution in [0.3, 0.4) is 0 Å². The number of carbonyl (C=O) groups is 1. The summed E-state index contributed by atoms with van der Waals surface area (Å²) in [7, 11) is 0. The summed E-state index contributed by atoms with van der Waals surface area (Å²) in [5.41, 5.74) is 2.71. The standard InChI is InChI=1S/C23H13FO2S/c1-2-14-3-5-16(6-4-14)22(26)23-21(15-7-9-17(24)10-8-15)19-12-11-18(25)13-20(19)27-23/h1,3-13,25H. The van der Waals surface area contributed by atoms with E-state index >= 15 is 0 Å². The van der Waals surface area contributed by atoms with Crippen molar-refractivity contribution < 1.29 is 14.3 Å². The molecule has 27 heavy (non-hydrogen) atoms. The van der Waals surface area contributed by atoms with Gasteiger partial charge < -0.3 is 5.11 Å². The molecule has 3 aromatic carbocycles. The minimum atomic E-state index is -0.339. The lowest BCUT2D eigenvalue weighted by atomic mass is 9.98. The maximum Gasteiger partial charge on any atom is 0.203 e. The first kappa shape index (κ1) is 17.0. The third-order valence-electron chi connectivity index (χ3n) is 4.33. The molecule has 0 amide bonds. The fourth-order valence-corrected chi connectivity index (χ4v) is 4.22. The van der Waals surface area contributed by atoms with E-state index in [1.54, 1.807) is 54.6 Å². The molecule has 0 saturated heterocycles. The summed E-state index contributed by atoms with van der Waals surface area (Å²) in [5, 5.41) is 10.6. The summed E-state index contributed by atoms with van der Waals surface area (Å²) in [6.07, 6.45) is 5.38. The van der Waals surface area contributed by atoms with Crippen molar-refractivity contribution in [3.8, 4) is 29.2 Å². The molecule has 0 unspecified atom stereocenters. The smallest absolute Gasteiger partial charge is 0.203 e. The van der Waals surface area contributed by atoms with Crippen LogP contribution in [0.2, 0.25) is 0 Å². The Balaban J connectivity index is 1.93. The molecule has 0 bridgehead atoms. The summed E-state index contributed by atoms with van der Waals surface area (Å²) in [4.78, 5) is 13.7. The van der Waals surface area contributed by atoms with E-state index in [0.717, 1.165) is 21.2 Å². The molecule has 4 aromatic rings. The first-order valence-electron chi connectivity index (χ1n) is 8.19. The van der Waals surface area contributed by atoms with Gasteiger partial charge in [-0.25, -0.2) is 4.39 Å². The van der Waals surface area contributed by atoms with Gasteiger partial charge in [-0.15, -0.1) is 17.8 Å². The summed E-state index contributed by atoms with van der Waals surface area (Å²) >= 11 is 1.31. The molecule has 2 nitrogen and oxygen atoms in total. The molecule has 130 valence electrons. The lowest BCUT2D eigenvalue weighted by Crippen LogP contribution is -2.00. The molecule has 0 aliphatic carbocycles. The number of rotatable bonds is 3. The molecule has 0 fully saturated rings. The highest BCUT2D eigenvalue weighted by molar-refractivity contribution is 7.21. The Morgan fingerprint density at radius 3 is 2.37 bits per heavy atom. The number of hydrogen-bond donors (Lipinski definition) is 1. The van der Waals surface area contributed by atoms with Gasteiger partial charge in [-0.2, -0.15) is 0 Å². The minimum Gasteiger partial charge on any atom is -0.508 e. The van der Waals surface area contributed by atoms with Gasteiger partial charge in [-0.1, -0.05) is 18.1 Å². The third kappa shape index (κ3) is 3.10. The summed E-state index contributed by atoms with van der Waals surface area (Å²) < 4.78 is 14.2. The molecule has 1 heterocycles. The van der Waals surface area contributed by atoms with Crippen molar-refractivity contribution in [2.45, 2.75) is 0 Å². The van der Waals surface area contributed by atoms with Crippen molar-refractivity contribution in [1.82, 2.24) is 0 Å². The van der Waals surface area contributed by atoms with Crippen LogP contribution >= 0.6 is 11.3 Å². The lowest BCUT2D eigenvalue weighted by molar-refractivity contribution is 0.104. The predicted molar refractivity (Wildman–Crippen MR) is 107 cm³/mol. The van der Waals surface area contributed by atoms with Crippen LogP contribution in [0.1, 0.15) is 20.8 Å². The van der Waals surface area contributed by atoms with Gasteiger partial charge in [-0.05, 0) is 60.2 Å². The minimum absolute atomic E-state index is 0.131. The molecule has 4 rings (SSSR count). The first-order valence-corrected chi connectivity index (χ1v) is 9.01. The molecule has 0 aliphatic heterocycles. The van der Waals surface area contributed by atoms with Crippen LogP contribution in [-0.2, 0) is 0 Å². The quantitative estimate of drug-likeness (QED) is 0.374. The molecule has 0 spiro atoms. The summed E-state index contributed by atoms with van der Waals surface area (Å²) in [6.45, 7) is 0. The number of phenolic OH excluding ortho intramolecular Hbond substituents is 1. The van der Waals surface area contributed by atoms with Gasteiger partial charge in [0.05, 0.1) is 4.88 Å². The van der Waals surface area contributed by atoms with Crippen LogP contribution in [0.4, 0.5) is 4.39 Å². The van der Waals surface area contributed by atoms with Crippen LogP contribution in [-0.4, -0.2) is 10.9 Å². The Labute approximate surface area is 159 Å². The zero-order valence-corrected chi connectivity index (χ0v) is 14.9. The van der Waals surface area contributed by atoms with Crippen molar-refractivity contribution in [2.24, 2.45) is 0 Å². The molecule has 1 aromatic heterocycles. The Morgan fingerprint density at radius 2 is 1.70 bits per heavy atom. The molecule has 0 saturated carbocycles. The number of aromatic hydroxyl groups is 1. The van der Waals surface area contributed by atoms with Crippen LogP contribution in [0.5, 0.6) is 5.75 Å². The second-order valence-corrected chi connectivity index (χ2v) is 7.10. The number of phenols is 1. The molecule has 0 atom stereocenters. The van der Waals surface area contributed by atoms with Crippen LogP contribution < -0.4 is 0 Å². The zero-order chi connectivity index (χ0) is 19.0. The number of hydrogen-bond acceptors (Lipinski definition) is 3. The number of ketones is 1. The van der Waals surface area contributed by atoms with E-state index in [1.807, 2.05) is 0 Å². The van der Waals surface area contributed by atoms with E-state index in [-0.39, 0.29) is 17.3 Å². The third-order valence-corrected chi connectivity index (χ3v) is 5.48. The summed E-state index contributed by atoms with van der Waals surface area (Å²) in [5.74, 6) is 2.18. The average Bonchev–Trinajstić information content (AvgIpc) is 3.06. The van der Waals surface area contributed by atoms with Gasteiger partial charge in [0.2, 0.25) is 5.78 Å². The summed E-state index contributed by atoms with van der Waals surface area (Å²) in [6, 6.07) is 17.9. The maximum absolute atomic E-state index is 13.4. The molecule has 0 aliphatic rings. The number of halogens is 1. The Kier molecular flexibility index (Phi) is 4.23. The van der Waals surface area contributed by atoms with Crippen molar-refractivity contribution in [1.29, 1.82) is 0 Å². The maximum atomic E-state index is 13.4. The molecule has 4 heteroatoms. The molecule has 0 radical (unpaired) electrons. The molecular formula is C23H13FO2S. The van der Waals surface area contributed by atoms with Crippen LogP contribution in [0.25, 0.3) is 21.2 Å². The second kappa shape index (κ2) is 6.71. The number of benzene rings is 3. The fourth-order valence-electron chi connectivity index (χ4n) is 3.00. The number of thiophene rings is 1. The van der Waals surface area contributed by atoms with Gasteiger partial charge in [0.1, 0.15) is 11.6 Å². The largest absolute Gasteiger partial charge is 0.508 e. The van der Waals surface area contributed by atoms with E-state index < -0.39 is 0 Å². The van der Waals surface area contributed by atoms with E-state index in [1.165, 1.54) is 23.5 Å². The van der Waals surface area contributed by atoms with Gasteiger partial charge in [0.25, 0.3) is 0 Å². The first-order chi connectivity index (χ1) is 13.1. The van der Waals surface area contributed by atoms with E-state index in [0.29, 0.717) is 16.0 Å². The Morgan fingerprint density at radius 1 is 1.00 bits per heavy atom. The van der Waals surface area contributed by atoms with Crippen LogP contribution in [0, 0.1) is 18.2 Å². The zero-order valence-electron chi connectivity index (χ0n) is 14.1. The van der Waals surface area contributed by atoms with Gasteiger partial charge in [0.15, 0.2) is 0 Å². The highest BCUT2D eigenvalue weighted by Crippen LogP contribution is 2.41. The van der Waals surface area contributed by atoms with Crippen molar-refractivity contribution in [3.05, 3.63) is 88.6 Å². The fraction of sp³-hybridized carbons (Fsp3) is 0. The molecular weight excluding hydrogens is 359 g/mol. The van der Waals surface area contributed by atoms with E-state index in [4.69, 9.17) is 6.42 Å². The molecule has 1 N–H and O–H groups in total. The predicted octanol–water partition coefficient (Wildman–Crippen LogP) is 5.63. The number of fused-ring (bicyclic) bond motifs is 1. The van der Waals surface area contributed by atoms with Crippen LogP contribution in [0.15, 0.2) is 66.7 Å². The average molecular weight is 372 g/mol. The van der Waals surface area contributed by atoms with E-state index in [2.05, 4.69) is 5.92 Å². The highest BCUT2D eigenvalue weighted by Gasteiger charge is 2.21. The van der Waals surface area contributed by atoms with Crippen molar-refractivity contribution >= 4 is 27.2 Å². The Bertz CT molecular complexity index is 1200. The van der Waals surface area contributed by atoms with Gasteiger partial charge in [-0.3, -0.25) is 4.79 Å². The van der Waals surface area contributed by atoms with E-state index in [9.17, 15) is 14.3 Å². The van der Waals surface area contributed by atoms with Crippen molar-refractivity contribution in [3.63, 3.8) is 0 Å². The topological polar surface area (TPSA) is 37.3 Å². The monoisotopic (exact) mass is 372 g/mol. The second-order valence-electron chi connectivity index (χ2n) is 6.04. The number of carbonyl (C=O) groups excluding carboxylic acids is 1.